The van der Waals surface area contributed by atoms with Gasteiger partial charge in [0.2, 0.25) is 5.91 Å². The first-order valence-electron chi connectivity index (χ1n) is 11.0. The molecule has 0 saturated heterocycles. The molecule has 2 N–H and O–H groups in total. The normalized spacial score (nSPS) is 14.1. The molecule has 0 rings (SSSR count). The molecule has 0 aliphatic heterocycles. The van der Waals surface area contributed by atoms with Gasteiger partial charge in [0.15, 0.2) is 0 Å². The number of hydrogen-bond donors (Lipinski definition) is 2. The Hall–Kier alpha value is -0.620. The molecule has 0 heterocycles. The molecule has 0 radical (unpaired) electrons. The van der Waals surface area contributed by atoms with Crippen LogP contribution in [-0.2, 0) is 14.9 Å². The monoisotopic (exact) mass is 405 g/mol. The van der Waals surface area contributed by atoms with E-state index in [1.807, 2.05) is 0 Å². The highest BCUT2D eigenvalue weighted by Gasteiger charge is 2.32. The Morgan fingerprint density at radius 3 is 1.52 bits per heavy atom. The Morgan fingerprint density at radius 2 is 1.19 bits per heavy atom. The van der Waals surface area contributed by atoms with Gasteiger partial charge in [-0.05, 0) is 13.3 Å². The average molecular weight is 406 g/mol. The summed E-state index contributed by atoms with van der Waals surface area (Å²) in [5.41, 5.74) is 0. The lowest BCUT2D eigenvalue weighted by Gasteiger charge is -2.20. The third kappa shape index (κ3) is 14.1. The van der Waals surface area contributed by atoms with E-state index in [1.165, 1.54) is 84.6 Å². The Labute approximate surface area is 167 Å². The third-order valence-corrected chi connectivity index (χ3v) is 6.76. The summed E-state index contributed by atoms with van der Waals surface area (Å²) >= 11 is 0. The minimum Gasteiger partial charge on any atom is -0.359 e. The Bertz CT molecular complexity index is 465. The highest BCUT2D eigenvalue weighted by molar-refractivity contribution is 7.86. The van der Waals surface area contributed by atoms with Crippen LogP contribution >= 0.6 is 0 Å². The molecule has 0 bridgehead atoms. The van der Waals surface area contributed by atoms with E-state index in [0.29, 0.717) is 6.42 Å². The second-order valence-electron chi connectivity index (χ2n) is 7.83. The number of hydrogen-bond acceptors (Lipinski definition) is 3. The van der Waals surface area contributed by atoms with Gasteiger partial charge in [-0.15, -0.1) is 0 Å². The Balaban J connectivity index is 3.67. The van der Waals surface area contributed by atoms with Gasteiger partial charge in [-0.25, -0.2) is 0 Å². The number of nitrogens with one attached hydrogen (secondary N) is 1. The van der Waals surface area contributed by atoms with Crippen LogP contribution in [0.25, 0.3) is 0 Å². The highest BCUT2D eigenvalue weighted by atomic mass is 32.2. The van der Waals surface area contributed by atoms with Crippen LogP contribution in [0.15, 0.2) is 0 Å². The van der Waals surface area contributed by atoms with Gasteiger partial charge in [-0.1, -0.05) is 96.8 Å². The van der Waals surface area contributed by atoms with Crippen molar-refractivity contribution in [2.24, 2.45) is 5.92 Å². The van der Waals surface area contributed by atoms with Crippen LogP contribution < -0.4 is 5.32 Å². The van der Waals surface area contributed by atoms with Crippen LogP contribution in [0.3, 0.4) is 0 Å². The predicted molar refractivity (Wildman–Crippen MR) is 113 cm³/mol. The molecule has 2 unspecified atom stereocenters. The van der Waals surface area contributed by atoms with E-state index < -0.39 is 21.3 Å². The molecule has 0 aromatic carbocycles. The fourth-order valence-corrected chi connectivity index (χ4v) is 4.21. The van der Waals surface area contributed by atoms with Gasteiger partial charge in [0, 0.05) is 7.05 Å². The molecule has 162 valence electrons. The zero-order valence-electron chi connectivity index (χ0n) is 17.8. The van der Waals surface area contributed by atoms with Gasteiger partial charge in [0.05, 0.1) is 11.2 Å². The zero-order valence-corrected chi connectivity index (χ0v) is 18.7. The second-order valence-corrected chi connectivity index (χ2v) is 9.60. The van der Waals surface area contributed by atoms with Gasteiger partial charge < -0.3 is 5.32 Å². The van der Waals surface area contributed by atoms with E-state index in [-0.39, 0.29) is 5.91 Å². The van der Waals surface area contributed by atoms with Gasteiger partial charge >= 0.3 is 0 Å². The first-order valence-corrected chi connectivity index (χ1v) is 12.5. The van der Waals surface area contributed by atoms with Crippen molar-refractivity contribution < 1.29 is 17.8 Å². The number of rotatable bonds is 18. The van der Waals surface area contributed by atoms with Crippen LogP contribution in [0.4, 0.5) is 0 Å². The van der Waals surface area contributed by atoms with Crippen LogP contribution in [0.1, 0.15) is 110 Å². The maximum Gasteiger partial charge on any atom is 0.268 e. The maximum absolute atomic E-state index is 11.9. The minimum absolute atomic E-state index is 0.310. The van der Waals surface area contributed by atoms with E-state index in [9.17, 15) is 17.8 Å². The van der Waals surface area contributed by atoms with Crippen molar-refractivity contribution in [3.8, 4) is 0 Å². The van der Waals surface area contributed by atoms with E-state index in [2.05, 4.69) is 12.2 Å². The molecule has 0 spiro atoms. The molecule has 6 heteroatoms. The van der Waals surface area contributed by atoms with E-state index in [4.69, 9.17) is 0 Å². The van der Waals surface area contributed by atoms with Crippen LogP contribution in [-0.4, -0.2) is 31.2 Å². The summed E-state index contributed by atoms with van der Waals surface area (Å²) in [5.74, 6) is -0.989. The minimum atomic E-state index is -4.19. The van der Waals surface area contributed by atoms with Gasteiger partial charge in [-0.3, -0.25) is 9.35 Å². The fraction of sp³-hybridized carbons (Fsp3) is 0.952. The molecule has 2 atom stereocenters. The molecule has 0 aliphatic carbocycles. The number of unbranched alkanes of at least 4 members (excludes halogenated alkanes) is 13. The van der Waals surface area contributed by atoms with Crippen molar-refractivity contribution in [1.29, 1.82) is 0 Å². The molecule has 27 heavy (non-hydrogen) atoms. The average Bonchev–Trinajstić information content (AvgIpc) is 2.63. The van der Waals surface area contributed by atoms with Crippen LogP contribution in [0.2, 0.25) is 0 Å². The molecule has 0 saturated carbocycles. The van der Waals surface area contributed by atoms with E-state index in [0.717, 1.165) is 19.3 Å². The van der Waals surface area contributed by atoms with Crippen molar-refractivity contribution in [1.82, 2.24) is 5.32 Å². The standard InChI is InChI=1S/C21H43NO4S/c1-4-5-6-7-8-9-10-11-12-13-14-15-16-17-18-20(21(23)22-3)19(2)27(24,25)26/h19-20H,4-18H2,1-3H3,(H,22,23)(H,24,25,26). The summed E-state index contributed by atoms with van der Waals surface area (Å²) in [6.45, 7) is 3.65. The van der Waals surface area contributed by atoms with E-state index >= 15 is 0 Å². The Morgan fingerprint density at radius 1 is 0.815 bits per heavy atom. The van der Waals surface area contributed by atoms with Crippen molar-refractivity contribution in [3.05, 3.63) is 0 Å². The smallest absolute Gasteiger partial charge is 0.268 e. The van der Waals surface area contributed by atoms with Crippen molar-refractivity contribution in [3.63, 3.8) is 0 Å². The lowest BCUT2D eigenvalue weighted by Crippen LogP contribution is -2.38. The molecule has 0 fully saturated rings. The fourth-order valence-electron chi connectivity index (χ4n) is 3.53. The highest BCUT2D eigenvalue weighted by Crippen LogP contribution is 2.20. The van der Waals surface area contributed by atoms with Crippen molar-refractivity contribution in [2.75, 3.05) is 7.05 Å². The summed E-state index contributed by atoms with van der Waals surface area (Å²) in [5, 5.41) is 1.45. The number of carbonyl (C=O) groups is 1. The van der Waals surface area contributed by atoms with Crippen molar-refractivity contribution in [2.45, 2.75) is 115 Å². The van der Waals surface area contributed by atoms with Gasteiger partial charge in [0.25, 0.3) is 10.1 Å². The lowest BCUT2D eigenvalue weighted by molar-refractivity contribution is -0.124. The summed E-state index contributed by atoms with van der Waals surface area (Å²) in [6.07, 6.45) is 18.1. The molecule has 5 nitrogen and oxygen atoms in total. The summed E-state index contributed by atoms with van der Waals surface area (Å²) < 4.78 is 31.8. The predicted octanol–water partition coefficient (Wildman–Crippen LogP) is 5.50. The lowest BCUT2D eigenvalue weighted by atomic mass is 9.96. The van der Waals surface area contributed by atoms with Gasteiger partial charge in [-0.2, -0.15) is 8.42 Å². The molecule has 1 amide bonds. The quantitative estimate of drug-likeness (QED) is 0.233. The van der Waals surface area contributed by atoms with Gasteiger partial charge in [0.1, 0.15) is 0 Å². The Kier molecular flexibility index (Phi) is 16.0. The molecule has 0 aliphatic rings. The van der Waals surface area contributed by atoms with Crippen LogP contribution in [0.5, 0.6) is 0 Å². The third-order valence-electron chi connectivity index (χ3n) is 5.49. The zero-order chi connectivity index (χ0) is 20.5. The van der Waals surface area contributed by atoms with Crippen molar-refractivity contribution >= 4 is 16.0 Å². The summed E-state index contributed by atoms with van der Waals surface area (Å²) in [6, 6.07) is 0. The first-order chi connectivity index (χ1) is 12.8. The topological polar surface area (TPSA) is 83.5 Å². The molecule has 0 aromatic heterocycles. The first kappa shape index (κ1) is 26.4. The molecular weight excluding hydrogens is 362 g/mol. The number of carbonyl (C=O) groups excluding carboxylic acids is 1. The van der Waals surface area contributed by atoms with E-state index in [1.54, 1.807) is 0 Å². The van der Waals surface area contributed by atoms with Crippen LogP contribution in [0, 0.1) is 5.92 Å². The second kappa shape index (κ2) is 16.3. The molecular formula is C21H43NO4S. The summed E-state index contributed by atoms with van der Waals surface area (Å²) in [4.78, 5) is 11.9. The SMILES string of the molecule is CCCCCCCCCCCCCCCCC(C(=O)NC)C(C)S(=O)(=O)O. The maximum atomic E-state index is 11.9. The summed E-state index contributed by atoms with van der Waals surface area (Å²) in [7, 11) is -2.69. The largest absolute Gasteiger partial charge is 0.359 e. The molecule has 0 aromatic rings. The number of amides is 1.